The second kappa shape index (κ2) is 8.00. The summed E-state index contributed by atoms with van der Waals surface area (Å²) in [4.78, 5) is 0. The highest BCUT2D eigenvalue weighted by molar-refractivity contribution is 7.80. The predicted molar refractivity (Wildman–Crippen MR) is 94.6 cm³/mol. The fraction of sp³-hybridized carbons (Fsp3) is 0.125. The van der Waals surface area contributed by atoms with Crippen LogP contribution in [0.4, 0.5) is 5.69 Å². The Morgan fingerprint density at radius 2 is 2.00 bits per heavy atom. The van der Waals surface area contributed by atoms with E-state index < -0.39 is 0 Å². The van der Waals surface area contributed by atoms with E-state index in [1.54, 1.807) is 25.5 Å². The average molecular weight is 331 g/mol. The zero-order valence-corrected chi connectivity index (χ0v) is 13.6. The van der Waals surface area contributed by atoms with Gasteiger partial charge in [-0.1, -0.05) is 6.07 Å². The number of aromatic hydroxyl groups is 1. The molecule has 0 heterocycles. The van der Waals surface area contributed by atoms with E-state index in [9.17, 15) is 5.11 Å². The smallest absolute Gasteiger partial charge is 0.191 e. The molecule has 0 amide bonds. The number of thiocarbonyl (C=S) groups is 1. The van der Waals surface area contributed by atoms with Crippen molar-refractivity contribution in [3.05, 3.63) is 48.0 Å². The molecule has 0 aliphatic rings. The van der Waals surface area contributed by atoms with Crippen LogP contribution in [0.5, 0.6) is 17.2 Å². The van der Waals surface area contributed by atoms with Crippen LogP contribution >= 0.6 is 12.2 Å². The highest BCUT2D eigenvalue weighted by Crippen LogP contribution is 2.25. The van der Waals surface area contributed by atoms with Gasteiger partial charge in [0.25, 0.3) is 0 Å². The molecule has 0 fully saturated rings. The average Bonchev–Trinajstić information content (AvgIpc) is 2.56. The molecule has 23 heavy (non-hydrogen) atoms. The first-order valence-corrected chi connectivity index (χ1v) is 7.14. The Morgan fingerprint density at radius 3 is 2.74 bits per heavy atom. The molecule has 0 unspecified atom stereocenters. The van der Waals surface area contributed by atoms with Gasteiger partial charge in [0, 0.05) is 11.8 Å². The van der Waals surface area contributed by atoms with Crippen LogP contribution in [0.15, 0.2) is 47.6 Å². The lowest BCUT2D eigenvalue weighted by Gasteiger charge is -2.08. The molecule has 2 aromatic rings. The zero-order valence-electron chi connectivity index (χ0n) is 12.7. The van der Waals surface area contributed by atoms with E-state index in [4.69, 9.17) is 21.7 Å². The van der Waals surface area contributed by atoms with Gasteiger partial charge in [-0.25, -0.2) is 0 Å². The number of phenolic OH excluding ortho intramolecular Hbond substituents is 1. The monoisotopic (exact) mass is 331 g/mol. The molecule has 7 heteroatoms. The molecular weight excluding hydrogens is 314 g/mol. The Bertz CT molecular complexity index is 719. The molecule has 0 aromatic heterocycles. The number of benzene rings is 2. The van der Waals surface area contributed by atoms with E-state index in [-0.39, 0.29) is 5.75 Å². The van der Waals surface area contributed by atoms with E-state index in [1.807, 2.05) is 24.3 Å². The summed E-state index contributed by atoms with van der Waals surface area (Å²) in [5, 5.41) is 16.9. The molecule has 0 saturated carbocycles. The van der Waals surface area contributed by atoms with E-state index in [0.717, 1.165) is 17.0 Å². The summed E-state index contributed by atoms with van der Waals surface area (Å²) >= 11 is 5.16. The molecule has 0 aliphatic heterocycles. The zero-order chi connectivity index (χ0) is 16.7. The largest absolute Gasteiger partial charge is 0.504 e. The SMILES string of the molecule is COc1cccc(NC(=S)N/N=C/c2ccc(O)c(OC)c2)c1. The summed E-state index contributed by atoms with van der Waals surface area (Å²) in [6.45, 7) is 0. The molecule has 0 radical (unpaired) electrons. The second-order valence-corrected chi connectivity index (χ2v) is 4.90. The number of anilines is 1. The highest BCUT2D eigenvalue weighted by atomic mass is 32.1. The topological polar surface area (TPSA) is 75.1 Å². The van der Waals surface area contributed by atoms with Crippen LogP contribution in [-0.4, -0.2) is 30.7 Å². The standard InChI is InChI=1S/C16H17N3O3S/c1-21-13-5-3-4-12(9-13)18-16(23)19-17-10-11-6-7-14(20)15(8-11)22-2/h3-10,20H,1-2H3,(H2,18,19,23)/b17-10+. The van der Waals surface area contributed by atoms with E-state index in [1.165, 1.54) is 13.2 Å². The number of methoxy groups -OCH3 is 2. The minimum atomic E-state index is 0.0767. The Hall–Kier alpha value is -2.80. The van der Waals surface area contributed by atoms with Crippen molar-refractivity contribution in [2.45, 2.75) is 0 Å². The number of nitrogens with zero attached hydrogens (tertiary/aromatic N) is 1. The van der Waals surface area contributed by atoms with E-state index in [2.05, 4.69) is 15.8 Å². The molecular formula is C16H17N3O3S. The van der Waals surface area contributed by atoms with Crippen molar-refractivity contribution in [1.82, 2.24) is 5.43 Å². The minimum Gasteiger partial charge on any atom is -0.504 e. The Morgan fingerprint density at radius 1 is 1.17 bits per heavy atom. The molecule has 6 nitrogen and oxygen atoms in total. The van der Waals surface area contributed by atoms with Crippen LogP contribution in [0.2, 0.25) is 0 Å². The molecule has 0 bridgehead atoms. The molecule has 3 N–H and O–H groups in total. The Labute approximate surface area is 139 Å². The minimum absolute atomic E-state index is 0.0767. The summed E-state index contributed by atoms with van der Waals surface area (Å²) < 4.78 is 10.2. The van der Waals surface area contributed by atoms with Crippen molar-refractivity contribution in [1.29, 1.82) is 0 Å². The lowest BCUT2D eigenvalue weighted by molar-refractivity contribution is 0.373. The lowest BCUT2D eigenvalue weighted by atomic mass is 10.2. The quantitative estimate of drug-likeness (QED) is 0.444. The molecule has 0 atom stereocenters. The summed E-state index contributed by atoms with van der Waals surface area (Å²) in [5.74, 6) is 1.19. The van der Waals surface area contributed by atoms with Crippen molar-refractivity contribution >= 4 is 29.2 Å². The van der Waals surface area contributed by atoms with Crippen LogP contribution in [0, 0.1) is 0 Å². The van der Waals surface area contributed by atoms with Crippen molar-refractivity contribution < 1.29 is 14.6 Å². The number of nitrogens with one attached hydrogen (secondary N) is 2. The molecule has 2 aromatic carbocycles. The summed E-state index contributed by atoms with van der Waals surface area (Å²) in [5.41, 5.74) is 4.27. The Kier molecular flexibility index (Phi) is 5.76. The van der Waals surface area contributed by atoms with Gasteiger partial charge >= 0.3 is 0 Å². The fourth-order valence-electron chi connectivity index (χ4n) is 1.80. The van der Waals surface area contributed by atoms with Crippen LogP contribution in [0.1, 0.15) is 5.56 Å². The van der Waals surface area contributed by atoms with E-state index in [0.29, 0.717) is 10.9 Å². The summed E-state index contributed by atoms with van der Waals surface area (Å²) in [7, 11) is 3.09. The number of ether oxygens (including phenoxy) is 2. The van der Waals surface area contributed by atoms with Gasteiger partial charge in [-0.2, -0.15) is 5.10 Å². The maximum atomic E-state index is 9.53. The number of hydrogen-bond donors (Lipinski definition) is 3. The third-order valence-corrected chi connectivity index (χ3v) is 3.10. The normalized spacial score (nSPS) is 10.3. The number of rotatable bonds is 5. The first kappa shape index (κ1) is 16.6. The molecule has 0 aliphatic carbocycles. The number of phenols is 1. The van der Waals surface area contributed by atoms with Crippen LogP contribution in [0.3, 0.4) is 0 Å². The van der Waals surface area contributed by atoms with Crippen molar-refractivity contribution in [2.24, 2.45) is 5.10 Å². The first-order valence-electron chi connectivity index (χ1n) is 6.73. The number of hydrogen-bond acceptors (Lipinski definition) is 5. The van der Waals surface area contributed by atoms with Gasteiger partial charge in [-0.3, -0.25) is 5.43 Å². The summed E-state index contributed by atoms with van der Waals surface area (Å²) in [6.07, 6.45) is 1.57. The first-order chi connectivity index (χ1) is 11.1. The van der Waals surface area contributed by atoms with Crippen LogP contribution in [-0.2, 0) is 0 Å². The third-order valence-electron chi connectivity index (χ3n) is 2.91. The summed E-state index contributed by atoms with van der Waals surface area (Å²) in [6, 6.07) is 12.3. The Balaban J connectivity index is 1.93. The van der Waals surface area contributed by atoms with Crippen molar-refractivity contribution in [2.75, 3.05) is 19.5 Å². The van der Waals surface area contributed by atoms with Crippen LogP contribution < -0.4 is 20.2 Å². The fourth-order valence-corrected chi connectivity index (χ4v) is 1.97. The maximum Gasteiger partial charge on any atom is 0.191 e. The molecule has 0 spiro atoms. The lowest BCUT2D eigenvalue weighted by Crippen LogP contribution is -2.23. The number of hydrazone groups is 1. The van der Waals surface area contributed by atoms with Crippen LogP contribution in [0.25, 0.3) is 0 Å². The van der Waals surface area contributed by atoms with Crippen molar-refractivity contribution in [3.8, 4) is 17.2 Å². The second-order valence-electron chi connectivity index (χ2n) is 4.49. The third kappa shape index (κ3) is 4.86. The van der Waals surface area contributed by atoms with Gasteiger partial charge in [0.15, 0.2) is 16.6 Å². The van der Waals surface area contributed by atoms with Gasteiger partial charge in [0.05, 0.1) is 20.4 Å². The molecule has 0 saturated heterocycles. The van der Waals surface area contributed by atoms with Gasteiger partial charge < -0.3 is 19.9 Å². The van der Waals surface area contributed by atoms with E-state index >= 15 is 0 Å². The van der Waals surface area contributed by atoms with Gasteiger partial charge in [-0.15, -0.1) is 0 Å². The van der Waals surface area contributed by atoms with Gasteiger partial charge in [0.2, 0.25) is 0 Å². The predicted octanol–water partition coefficient (Wildman–Crippen LogP) is 2.73. The van der Waals surface area contributed by atoms with Crippen molar-refractivity contribution in [3.63, 3.8) is 0 Å². The maximum absolute atomic E-state index is 9.53. The van der Waals surface area contributed by atoms with Gasteiger partial charge in [-0.05, 0) is 48.1 Å². The van der Waals surface area contributed by atoms with Gasteiger partial charge in [0.1, 0.15) is 5.75 Å². The molecule has 2 rings (SSSR count). The highest BCUT2D eigenvalue weighted by Gasteiger charge is 2.01. The molecule has 120 valence electrons.